The molecular weight excluding hydrogens is 312 g/mol. The van der Waals surface area contributed by atoms with Crippen molar-refractivity contribution < 1.29 is 4.79 Å². The second kappa shape index (κ2) is 6.69. The zero-order chi connectivity index (χ0) is 17.2. The summed E-state index contributed by atoms with van der Waals surface area (Å²) >= 11 is 0. The number of carbonyl (C=O) groups is 1. The van der Waals surface area contributed by atoms with Gasteiger partial charge in [0, 0.05) is 44.4 Å². The van der Waals surface area contributed by atoms with Crippen LogP contribution in [0.2, 0.25) is 0 Å². The summed E-state index contributed by atoms with van der Waals surface area (Å²) in [4.78, 5) is 14.5. The van der Waals surface area contributed by atoms with Crippen molar-refractivity contribution in [2.75, 3.05) is 20.1 Å². The van der Waals surface area contributed by atoms with Gasteiger partial charge in [0.2, 0.25) is 0 Å². The van der Waals surface area contributed by atoms with E-state index in [0.29, 0.717) is 18.8 Å². The lowest BCUT2D eigenvalue weighted by Crippen LogP contribution is -2.31. The Labute approximate surface area is 147 Å². The number of amides is 1. The molecule has 0 saturated carbocycles. The van der Waals surface area contributed by atoms with E-state index in [9.17, 15) is 4.79 Å². The summed E-state index contributed by atoms with van der Waals surface area (Å²) in [6.45, 7) is 2.31. The first-order valence-electron chi connectivity index (χ1n) is 8.73. The fraction of sp³-hybridized carbons (Fsp3) is 0.300. The average molecular weight is 334 g/mol. The molecule has 4 rings (SSSR count). The van der Waals surface area contributed by atoms with Crippen LogP contribution in [0.4, 0.5) is 0 Å². The minimum atomic E-state index is -0.0126. The molecule has 0 fully saturated rings. The van der Waals surface area contributed by atoms with Gasteiger partial charge in [-0.2, -0.15) is 5.10 Å². The summed E-state index contributed by atoms with van der Waals surface area (Å²) in [5.41, 5.74) is 3.93. The lowest BCUT2D eigenvalue weighted by Gasteiger charge is -2.18. The number of nitrogens with zero attached hydrogens (tertiary/aromatic N) is 2. The molecule has 1 aliphatic rings. The number of aromatic amines is 1. The monoisotopic (exact) mass is 334 g/mol. The van der Waals surface area contributed by atoms with Crippen LogP contribution in [0.25, 0.3) is 10.8 Å². The fourth-order valence-corrected chi connectivity index (χ4v) is 3.48. The molecule has 0 bridgehead atoms. The van der Waals surface area contributed by atoms with Gasteiger partial charge in [0.15, 0.2) is 5.69 Å². The van der Waals surface area contributed by atoms with Crippen molar-refractivity contribution in [1.82, 2.24) is 20.4 Å². The molecule has 0 radical (unpaired) electrons. The number of rotatable bonds is 4. The molecule has 2 N–H and O–H groups in total. The molecule has 1 amide bonds. The maximum atomic E-state index is 12.8. The van der Waals surface area contributed by atoms with E-state index >= 15 is 0 Å². The zero-order valence-electron chi connectivity index (χ0n) is 14.4. The van der Waals surface area contributed by atoms with Crippen LogP contribution in [-0.2, 0) is 19.4 Å². The molecule has 5 nitrogen and oxygen atoms in total. The van der Waals surface area contributed by atoms with Gasteiger partial charge in [-0.1, -0.05) is 42.5 Å². The predicted octanol–water partition coefficient (Wildman–Crippen LogP) is 2.52. The molecule has 1 aromatic heterocycles. The molecule has 2 heterocycles. The molecule has 1 aliphatic heterocycles. The number of carbonyl (C=O) groups excluding carboxylic acids is 1. The smallest absolute Gasteiger partial charge is 0.274 e. The van der Waals surface area contributed by atoms with Crippen LogP contribution in [0.5, 0.6) is 0 Å². The van der Waals surface area contributed by atoms with Crippen LogP contribution < -0.4 is 5.32 Å². The van der Waals surface area contributed by atoms with Crippen LogP contribution >= 0.6 is 0 Å². The first-order chi connectivity index (χ1) is 12.2. The van der Waals surface area contributed by atoms with Crippen LogP contribution in [0, 0.1) is 0 Å². The number of nitrogens with one attached hydrogen (secondary N) is 2. The van der Waals surface area contributed by atoms with Gasteiger partial charge in [0.1, 0.15) is 0 Å². The summed E-state index contributed by atoms with van der Waals surface area (Å²) in [6, 6.07) is 14.7. The largest absolute Gasteiger partial charge is 0.340 e. The highest BCUT2D eigenvalue weighted by Gasteiger charge is 2.23. The summed E-state index contributed by atoms with van der Waals surface area (Å²) in [5.74, 6) is -0.0126. The van der Waals surface area contributed by atoms with Gasteiger partial charge in [-0.05, 0) is 22.8 Å². The molecule has 0 unspecified atom stereocenters. The van der Waals surface area contributed by atoms with E-state index in [4.69, 9.17) is 0 Å². The van der Waals surface area contributed by atoms with E-state index < -0.39 is 0 Å². The summed E-state index contributed by atoms with van der Waals surface area (Å²) in [5, 5.41) is 13.1. The molecule has 0 aliphatic carbocycles. The quantitative estimate of drug-likeness (QED) is 0.771. The van der Waals surface area contributed by atoms with E-state index in [1.165, 1.54) is 16.3 Å². The molecule has 0 spiro atoms. The van der Waals surface area contributed by atoms with Crippen LogP contribution in [0.3, 0.4) is 0 Å². The first-order valence-corrected chi connectivity index (χ1v) is 8.73. The topological polar surface area (TPSA) is 61.0 Å². The van der Waals surface area contributed by atoms with Gasteiger partial charge in [0.05, 0.1) is 0 Å². The Kier molecular flexibility index (Phi) is 4.24. The van der Waals surface area contributed by atoms with E-state index in [0.717, 1.165) is 30.6 Å². The molecule has 128 valence electrons. The van der Waals surface area contributed by atoms with Crippen LogP contribution in [0.1, 0.15) is 27.3 Å². The number of aromatic nitrogens is 2. The third-order valence-electron chi connectivity index (χ3n) is 4.95. The zero-order valence-corrected chi connectivity index (χ0v) is 14.4. The third-order valence-corrected chi connectivity index (χ3v) is 4.95. The van der Waals surface area contributed by atoms with E-state index in [1.807, 2.05) is 7.05 Å². The van der Waals surface area contributed by atoms with Crippen molar-refractivity contribution in [2.45, 2.75) is 19.4 Å². The molecule has 2 aromatic carbocycles. The molecular formula is C20H22N4O. The van der Waals surface area contributed by atoms with Gasteiger partial charge in [0.25, 0.3) is 5.91 Å². The number of H-pyrrole nitrogens is 1. The number of benzene rings is 2. The highest BCUT2D eigenvalue weighted by atomic mass is 16.2. The van der Waals surface area contributed by atoms with E-state index in [-0.39, 0.29) is 5.91 Å². The van der Waals surface area contributed by atoms with Gasteiger partial charge < -0.3 is 10.2 Å². The van der Waals surface area contributed by atoms with E-state index in [1.54, 1.807) is 4.90 Å². The second-order valence-electron chi connectivity index (χ2n) is 6.57. The minimum Gasteiger partial charge on any atom is -0.340 e. The van der Waals surface area contributed by atoms with Crippen molar-refractivity contribution in [3.8, 4) is 0 Å². The van der Waals surface area contributed by atoms with Gasteiger partial charge in [-0.25, -0.2) is 0 Å². The number of likely N-dealkylation sites (N-methyl/N-ethyl adjacent to an activating group) is 1. The van der Waals surface area contributed by atoms with Crippen molar-refractivity contribution in [1.29, 1.82) is 0 Å². The summed E-state index contributed by atoms with van der Waals surface area (Å²) in [7, 11) is 1.85. The number of hydrogen-bond donors (Lipinski definition) is 2. The lowest BCUT2D eigenvalue weighted by molar-refractivity contribution is 0.0789. The highest BCUT2D eigenvalue weighted by molar-refractivity contribution is 5.94. The minimum absolute atomic E-state index is 0.0126. The van der Waals surface area contributed by atoms with Gasteiger partial charge >= 0.3 is 0 Å². The normalized spacial score (nSPS) is 13.6. The summed E-state index contributed by atoms with van der Waals surface area (Å²) in [6.07, 6.45) is 1.73. The maximum absolute atomic E-state index is 12.8. The van der Waals surface area contributed by atoms with E-state index in [2.05, 4.69) is 58.0 Å². The fourth-order valence-electron chi connectivity index (χ4n) is 3.48. The Balaban J connectivity index is 1.49. The second-order valence-corrected chi connectivity index (χ2v) is 6.57. The molecule has 0 atom stereocenters. The number of fused-ring (bicyclic) bond motifs is 2. The van der Waals surface area contributed by atoms with Crippen molar-refractivity contribution >= 4 is 16.7 Å². The van der Waals surface area contributed by atoms with Crippen LogP contribution in [-0.4, -0.2) is 41.1 Å². The standard InChI is InChI=1S/C20H22N4O/c1-24(20(25)19-17-13-21-11-9-18(17)22-23-19)12-10-15-7-4-6-14-5-2-3-8-16(14)15/h2-8,21H,9-13H2,1H3,(H,22,23). The number of hydrogen-bond acceptors (Lipinski definition) is 3. The third kappa shape index (κ3) is 3.03. The lowest BCUT2D eigenvalue weighted by atomic mass is 10.0. The van der Waals surface area contributed by atoms with Gasteiger partial charge in [-0.3, -0.25) is 9.89 Å². The van der Waals surface area contributed by atoms with Crippen molar-refractivity contribution in [3.63, 3.8) is 0 Å². The molecule has 5 heteroatoms. The summed E-state index contributed by atoms with van der Waals surface area (Å²) < 4.78 is 0. The average Bonchev–Trinajstić information content (AvgIpc) is 3.09. The van der Waals surface area contributed by atoms with Crippen molar-refractivity contribution in [3.05, 3.63) is 65.0 Å². The highest BCUT2D eigenvalue weighted by Crippen LogP contribution is 2.20. The maximum Gasteiger partial charge on any atom is 0.274 e. The Morgan fingerprint density at radius 1 is 1.20 bits per heavy atom. The Bertz CT molecular complexity index is 910. The first kappa shape index (κ1) is 15.8. The SMILES string of the molecule is CN(CCc1cccc2ccccc12)C(=O)c1n[nH]c2c1CNCC2. The Morgan fingerprint density at radius 3 is 2.96 bits per heavy atom. The molecule has 3 aromatic rings. The Morgan fingerprint density at radius 2 is 2.04 bits per heavy atom. The molecule has 25 heavy (non-hydrogen) atoms. The predicted molar refractivity (Wildman–Crippen MR) is 98.6 cm³/mol. The van der Waals surface area contributed by atoms with Gasteiger partial charge in [-0.15, -0.1) is 0 Å². The Hall–Kier alpha value is -2.66. The molecule has 0 saturated heterocycles. The van der Waals surface area contributed by atoms with Crippen LogP contribution in [0.15, 0.2) is 42.5 Å². The van der Waals surface area contributed by atoms with Crippen molar-refractivity contribution in [2.24, 2.45) is 0 Å².